The number of imidazole rings is 1. The molecule has 1 aromatic carbocycles. The van der Waals surface area contributed by atoms with Crippen molar-refractivity contribution in [3.8, 4) is 17.1 Å². The van der Waals surface area contributed by atoms with Gasteiger partial charge in [0.1, 0.15) is 11.6 Å². The van der Waals surface area contributed by atoms with Gasteiger partial charge < -0.3 is 19.5 Å². The zero-order valence-electron chi connectivity index (χ0n) is 10.2. The Bertz CT molecular complexity index is 493. The Labute approximate surface area is 105 Å². The van der Waals surface area contributed by atoms with Crippen LogP contribution in [0, 0.1) is 0 Å². The quantitative estimate of drug-likeness (QED) is 0.825. The van der Waals surface area contributed by atoms with Gasteiger partial charge in [0, 0.05) is 18.0 Å². The molecule has 0 aliphatic rings. The molecule has 0 radical (unpaired) electrons. The average molecular weight is 248 g/mol. The number of rotatable bonds is 5. The Balaban J connectivity index is 2.24. The molecule has 0 aliphatic carbocycles. The number of methoxy groups -OCH3 is 1. The molecule has 0 aliphatic heterocycles. The summed E-state index contributed by atoms with van der Waals surface area (Å²) in [5, 5.41) is 18.3. The third-order valence-electron chi connectivity index (χ3n) is 2.68. The van der Waals surface area contributed by atoms with Crippen LogP contribution in [-0.4, -0.2) is 39.6 Å². The lowest BCUT2D eigenvalue weighted by Gasteiger charge is -2.11. The number of nitrogens with zero attached hydrogens (tertiary/aromatic N) is 2. The molecule has 1 unspecified atom stereocenters. The van der Waals surface area contributed by atoms with Gasteiger partial charge in [-0.3, -0.25) is 0 Å². The third-order valence-corrected chi connectivity index (χ3v) is 2.68. The maximum atomic E-state index is 9.46. The zero-order chi connectivity index (χ0) is 13.0. The number of hydrogen-bond donors (Lipinski definition) is 2. The topological polar surface area (TPSA) is 67.5 Å². The van der Waals surface area contributed by atoms with Crippen LogP contribution in [0.4, 0.5) is 0 Å². The lowest BCUT2D eigenvalue weighted by atomic mass is 10.2. The summed E-state index contributed by atoms with van der Waals surface area (Å²) in [6.45, 7) is 0.0537. The second kappa shape index (κ2) is 5.66. The fraction of sp³-hybridized carbons (Fsp3) is 0.308. The van der Waals surface area contributed by atoms with Crippen molar-refractivity contribution in [1.29, 1.82) is 0 Å². The Hall–Kier alpha value is -1.85. The van der Waals surface area contributed by atoms with E-state index in [-0.39, 0.29) is 6.61 Å². The number of benzene rings is 1. The first-order valence-corrected chi connectivity index (χ1v) is 5.69. The molecule has 2 N–H and O–H groups in total. The van der Waals surface area contributed by atoms with Gasteiger partial charge in [0.05, 0.1) is 26.4 Å². The van der Waals surface area contributed by atoms with Crippen molar-refractivity contribution in [2.24, 2.45) is 0 Å². The standard InChI is InChI=1S/C13H16N2O3/c1-18-12-4-2-10(3-5-12)13-14-6-7-15(13)8-11(17)9-16/h2-7,11,16-17H,8-9H2,1H3. The summed E-state index contributed by atoms with van der Waals surface area (Å²) in [5.74, 6) is 1.54. The molecule has 0 bridgehead atoms. The van der Waals surface area contributed by atoms with Crippen molar-refractivity contribution in [2.45, 2.75) is 12.6 Å². The smallest absolute Gasteiger partial charge is 0.139 e. The Kier molecular flexibility index (Phi) is 3.96. The molecular formula is C13H16N2O3. The van der Waals surface area contributed by atoms with E-state index in [2.05, 4.69) is 4.98 Å². The maximum absolute atomic E-state index is 9.46. The van der Waals surface area contributed by atoms with Crippen LogP contribution < -0.4 is 4.74 Å². The summed E-state index contributed by atoms with van der Waals surface area (Å²) in [4.78, 5) is 4.26. The highest BCUT2D eigenvalue weighted by Gasteiger charge is 2.09. The van der Waals surface area contributed by atoms with Crippen molar-refractivity contribution in [1.82, 2.24) is 9.55 Å². The first-order chi connectivity index (χ1) is 8.74. The number of ether oxygens (including phenoxy) is 1. The summed E-state index contributed by atoms with van der Waals surface area (Å²) >= 11 is 0. The maximum Gasteiger partial charge on any atom is 0.139 e. The third kappa shape index (κ3) is 2.69. The van der Waals surface area contributed by atoms with Gasteiger partial charge in [-0.05, 0) is 24.3 Å². The monoisotopic (exact) mass is 248 g/mol. The van der Waals surface area contributed by atoms with E-state index in [0.29, 0.717) is 6.54 Å². The van der Waals surface area contributed by atoms with Gasteiger partial charge in [0.25, 0.3) is 0 Å². The molecular weight excluding hydrogens is 232 g/mol. The normalized spacial score (nSPS) is 12.4. The average Bonchev–Trinajstić information content (AvgIpc) is 2.86. The minimum atomic E-state index is -0.781. The van der Waals surface area contributed by atoms with E-state index in [9.17, 15) is 5.11 Å². The first kappa shape index (κ1) is 12.6. The largest absolute Gasteiger partial charge is 0.497 e. The highest BCUT2D eigenvalue weighted by atomic mass is 16.5. The fourth-order valence-electron chi connectivity index (χ4n) is 1.74. The SMILES string of the molecule is COc1ccc(-c2nccn2CC(O)CO)cc1. The van der Waals surface area contributed by atoms with E-state index in [4.69, 9.17) is 9.84 Å². The number of aliphatic hydroxyl groups excluding tert-OH is 2. The van der Waals surface area contributed by atoms with Crippen molar-refractivity contribution in [3.63, 3.8) is 0 Å². The van der Waals surface area contributed by atoms with Gasteiger partial charge in [-0.15, -0.1) is 0 Å². The number of aliphatic hydroxyl groups is 2. The second-order valence-corrected chi connectivity index (χ2v) is 3.97. The molecule has 2 rings (SSSR count). The number of aromatic nitrogens is 2. The summed E-state index contributed by atoms with van der Waals surface area (Å²) in [7, 11) is 1.62. The molecule has 96 valence electrons. The van der Waals surface area contributed by atoms with Gasteiger partial charge in [-0.1, -0.05) is 0 Å². The minimum absolute atomic E-state index is 0.264. The summed E-state index contributed by atoms with van der Waals surface area (Å²) in [6, 6.07) is 7.53. The van der Waals surface area contributed by atoms with Crippen LogP contribution in [0.1, 0.15) is 0 Å². The van der Waals surface area contributed by atoms with Crippen molar-refractivity contribution in [3.05, 3.63) is 36.7 Å². The van der Waals surface area contributed by atoms with Gasteiger partial charge in [0.15, 0.2) is 0 Å². The van der Waals surface area contributed by atoms with Crippen LogP contribution in [0.25, 0.3) is 11.4 Å². The highest BCUT2D eigenvalue weighted by Crippen LogP contribution is 2.21. The van der Waals surface area contributed by atoms with Crippen LogP contribution in [0.15, 0.2) is 36.7 Å². The lowest BCUT2D eigenvalue weighted by molar-refractivity contribution is 0.0816. The molecule has 5 nitrogen and oxygen atoms in total. The molecule has 5 heteroatoms. The molecule has 18 heavy (non-hydrogen) atoms. The summed E-state index contributed by atoms with van der Waals surface area (Å²) in [5.41, 5.74) is 0.936. The minimum Gasteiger partial charge on any atom is -0.497 e. The van der Waals surface area contributed by atoms with E-state index in [1.54, 1.807) is 19.5 Å². The van der Waals surface area contributed by atoms with Gasteiger partial charge in [-0.2, -0.15) is 0 Å². The molecule has 0 fully saturated rings. The molecule has 0 saturated carbocycles. The first-order valence-electron chi connectivity index (χ1n) is 5.69. The van der Waals surface area contributed by atoms with Gasteiger partial charge >= 0.3 is 0 Å². The van der Waals surface area contributed by atoms with Crippen LogP contribution in [0.3, 0.4) is 0 Å². The Morgan fingerprint density at radius 3 is 2.67 bits per heavy atom. The molecule has 1 heterocycles. The van der Waals surface area contributed by atoms with Crippen LogP contribution in [0.5, 0.6) is 5.75 Å². The fourth-order valence-corrected chi connectivity index (χ4v) is 1.74. The molecule has 0 spiro atoms. The van der Waals surface area contributed by atoms with Crippen molar-refractivity contribution in [2.75, 3.05) is 13.7 Å². The van der Waals surface area contributed by atoms with Crippen molar-refractivity contribution < 1.29 is 14.9 Å². The number of hydrogen-bond acceptors (Lipinski definition) is 4. The van der Waals surface area contributed by atoms with E-state index >= 15 is 0 Å². The predicted molar refractivity (Wildman–Crippen MR) is 67.3 cm³/mol. The molecule has 1 aromatic heterocycles. The molecule has 0 saturated heterocycles. The van der Waals surface area contributed by atoms with Crippen LogP contribution in [-0.2, 0) is 6.54 Å². The van der Waals surface area contributed by atoms with Crippen LogP contribution >= 0.6 is 0 Å². The zero-order valence-corrected chi connectivity index (χ0v) is 10.2. The van der Waals surface area contributed by atoms with E-state index in [1.807, 2.05) is 28.8 Å². The van der Waals surface area contributed by atoms with E-state index < -0.39 is 6.10 Å². The van der Waals surface area contributed by atoms with Gasteiger partial charge in [0.2, 0.25) is 0 Å². The summed E-state index contributed by atoms with van der Waals surface area (Å²) < 4.78 is 6.91. The van der Waals surface area contributed by atoms with E-state index in [1.165, 1.54) is 0 Å². The Morgan fingerprint density at radius 2 is 2.06 bits per heavy atom. The lowest BCUT2D eigenvalue weighted by Crippen LogP contribution is -2.19. The molecule has 0 amide bonds. The van der Waals surface area contributed by atoms with Crippen LogP contribution in [0.2, 0.25) is 0 Å². The predicted octanol–water partition coefficient (Wildman–Crippen LogP) is 0.912. The molecule has 1 atom stereocenters. The molecule has 2 aromatic rings. The highest BCUT2D eigenvalue weighted by molar-refractivity contribution is 5.56. The van der Waals surface area contributed by atoms with Crippen molar-refractivity contribution >= 4 is 0 Å². The van der Waals surface area contributed by atoms with Gasteiger partial charge in [-0.25, -0.2) is 4.98 Å². The Morgan fingerprint density at radius 1 is 1.33 bits per heavy atom. The second-order valence-electron chi connectivity index (χ2n) is 3.97. The summed E-state index contributed by atoms with van der Waals surface area (Å²) in [6.07, 6.45) is 2.67. The van der Waals surface area contributed by atoms with E-state index in [0.717, 1.165) is 17.1 Å².